The van der Waals surface area contributed by atoms with Gasteiger partial charge in [0, 0.05) is 27.2 Å². The van der Waals surface area contributed by atoms with E-state index in [0.29, 0.717) is 5.69 Å². The van der Waals surface area contributed by atoms with E-state index >= 15 is 0 Å². The van der Waals surface area contributed by atoms with Crippen LogP contribution in [-0.2, 0) is 0 Å². The summed E-state index contributed by atoms with van der Waals surface area (Å²) in [4.78, 5) is 10.9. The normalized spacial score (nSPS) is 12.2. The number of nitro benzene ring substituents is 1. The van der Waals surface area contributed by atoms with Crippen LogP contribution in [0.4, 0.5) is 15.8 Å². The maximum Gasteiger partial charge on any atom is 0.304 e. The minimum absolute atomic E-state index is 0.0183. The fourth-order valence-corrected chi connectivity index (χ4v) is 3.40. The molecule has 0 bridgehead atoms. The molecule has 1 aromatic heterocycles. The van der Waals surface area contributed by atoms with E-state index in [1.165, 1.54) is 6.07 Å². The maximum absolute atomic E-state index is 13.5. The third kappa shape index (κ3) is 3.10. The van der Waals surface area contributed by atoms with Crippen molar-refractivity contribution in [3.8, 4) is 0 Å². The smallest absolute Gasteiger partial charge is 0.304 e. The largest absolute Gasteiger partial charge is 0.378 e. The highest BCUT2D eigenvalue weighted by atomic mass is 79.9. The molecule has 0 amide bonds. The molecule has 2 aromatic rings. The molecule has 0 spiro atoms. The zero-order chi connectivity index (χ0) is 14.0. The summed E-state index contributed by atoms with van der Waals surface area (Å²) in [5.74, 6) is -0.840. The van der Waals surface area contributed by atoms with Crippen molar-refractivity contribution in [2.75, 3.05) is 5.32 Å². The molecule has 7 heteroatoms. The molecular formula is C12H10BrFN2O2S. The number of benzene rings is 1. The van der Waals surface area contributed by atoms with Crippen molar-refractivity contribution in [1.29, 1.82) is 0 Å². The summed E-state index contributed by atoms with van der Waals surface area (Å²) in [7, 11) is 0. The van der Waals surface area contributed by atoms with Gasteiger partial charge in [0.05, 0.1) is 11.0 Å². The molecule has 0 saturated carbocycles. The number of anilines is 1. The Kier molecular flexibility index (Phi) is 4.16. The Balaban J connectivity index is 2.18. The summed E-state index contributed by atoms with van der Waals surface area (Å²) in [6, 6.07) is 5.72. The predicted octanol–water partition coefficient (Wildman–Crippen LogP) is 4.73. The predicted molar refractivity (Wildman–Crippen MR) is 77.1 cm³/mol. The molecule has 0 radical (unpaired) electrons. The number of nitrogens with zero attached hydrogens (tertiary/aromatic N) is 1. The number of hydrogen-bond acceptors (Lipinski definition) is 4. The second-order valence-corrected chi connectivity index (χ2v) is 5.72. The lowest BCUT2D eigenvalue weighted by atomic mass is 10.2. The Morgan fingerprint density at radius 3 is 2.74 bits per heavy atom. The summed E-state index contributed by atoms with van der Waals surface area (Å²) in [5.41, 5.74) is -0.00796. The zero-order valence-electron chi connectivity index (χ0n) is 9.89. The van der Waals surface area contributed by atoms with E-state index in [0.717, 1.165) is 21.5 Å². The molecule has 0 aliphatic carbocycles. The Labute approximate surface area is 121 Å². The Hall–Kier alpha value is -1.47. The number of rotatable bonds is 4. The van der Waals surface area contributed by atoms with Gasteiger partial charge in [-0.3, -0.25) is 10.1 Å². The second kappa shape index (κ2) is 5.66. The lowest BCUT2D eigenvalue weighted by Crippen LogP contribution is -2.06. The van der Waals surface area contributed by atoms with Crippen molar-refractivity contribution in [3.63, 3.8) is 0 Å². The maximum atomic E-state index is 13.5. The highest BCUT2D eigenvalue weighted by molar-refractivity contribution is 9.10. The number of thiophene rings is 1. The standard InChI is InChI=1S/C12H10BrFN2O2S/c1-7(12-9(13)4-5-19-12)15-8-2-3-11(16(17)18)10(14)6-8/h2-7,15H,1H3. The molecule has 1 heterocycles. The Morgan fingerprint density at radius 2 is 2.21 bits per heavy atom. The molecule has 100 valence electrons. The third-order valence-corrected chi connectivity index (χ3v) is 4.62. The van der Waals surface area contributed by atoms with Crippen LogP contribution in [0.1, 0.15) is 17.8 Å². The summed E-state index contributed by atoms with van der Waals surface area (Å²) in [6.07, 6.45) is 0. The van der Waals surface area contributed by atoms with Gasteiger partial charge >= 0.3 is 5.69 Å². The summed E-state index contributed by atoms with van der Waals surface area (Å²) < 4.78 is 14.5. The molecular weight excluding hydrogens is 335 g/mol. The molecule has 19 heavy (non-hydrogen) atoms. The van der Waals surface area contributed by atoms with Crippen molar-refractivity contribution in [3.05, 3.63) is 54.9 Å². The first-order valence-electron chi connectivity index (χ1n) is 5.42. The number of halogens is 2. The quantitative estimate of drug-likeness (QED) is 0.644. The van der Waals surface area contributed by atoms with Crippen molar-refractivity contribution in [2.24, 2.45) is 0 Å². The van der Waals surface area contributed by atoms with Gasteiger partial charge in [0.1, 0.15) is 0 Å². The average molecular weight is 345 g/mol. The van der Waals surface area contributed by atoms with E-state index in [1.807, 2.05) is 18.4 Å². The number of hydrogen-bond donors (Lipinski definition) is 1. The van der Waals surface area contributed by atoms with Gasteiger partial charge in [-0.1, -0.05) is 0 Å². The molecule has 1 N–H and O–H groups in total. The van der Waals surface area contributed by atoms with E-state index in [1.54, 1.807) is 11.3 Å². The van der Waals surface area contributed by atoms with Crippen LogP contribution in [-0.4, -0.2) is 4.92 Å². The highest BCUT2D eigenvalue weighted by Crippen LogP contribution is 2.31. The molecule has 4 nitrogen and oxygen atoms in total. The summed E-state index contributed by atoms with van der Waals surface area (Å²) >= 11 is 5.01. The van der Waals surface area contributed by atoms with E-state index in [2.05, 4.69) is 21.2 Å². The van der Waals surface area contributed by atoms with E-state index in [9.17, 15) is 14.5 Å². The van der Waals surface area contributed by atoms with Crippen LogP contribution in [0.15, 0.2) is 34.1 Å². The van der Waals surface area contributed by atoms with E-state index in [-0.39, 0.29) is 6.04 Å². The molecule has 0 saturated heterocycles. The molecule has 0 aliphatic rings. The van der Waals surface area contributed by atoms with Crippen LogP contribution < -0.4 is 5.32 Å². The van der Waals surface area contributed by atoms with Crippen molar-refractivity contribution in [2.45, 2.75) is 13.0 Å². The fourth-order valence-electron chi connectivity index (χ4n) is 1.67. The molecule has 1 unspecified atom stereocenters. The number of nitro groups is 1. The van der Waals surface area contributed by atoms with E-state index < -0.39 is 16.4 Å². The van der Waals surface area contributed by atoms with Crippen LogP contribution in [0, 0.1) is 15.9 Å². The van der Waals surface area contributed by atoms with Crippen molar-refractivity contribution in [1.82, 2.24) is 0 Å². The highest BCUT2D eigenvalue weighted by Gasteiger charge is 2.16. The Morgan fingerprint density at radius 1 is 1.47 bits per heavy atom. The lowest BCUT2D eigenvalue weighted by Gasteiger charge is -2.14. The van der Waals surface area contributed by atoms with Gasteiger partial charge < -0.3 is 5.32 Å². The fraction of sp³-hybridized carbons (Fsp3) is 0.167. The molecule has 2 rings (SSSR count). The van der Waals surface area contributed by atoms with Crippen molar-refractivity contribution < 1.29 is 9.31 Å². The van der Waals surface area contributed by atoms with Gasteiger partial charge in [-0.2, -0.15) is 4.39 Å². The number of nitrogens with one attached hydrogen (secondary N) is 1. The van der Waals surface area contributed by atoms with Gasteiger partial charge in [0.2, 0.25) is 5.82 Å². The van der Waals surface area contributed by atoms with Gasteiger partial charge in [-0.05, 0) is 40.4 Å². The lowest BCUT2D eigenvalue weighted by molar-refractivity contribution is -0.387. The molecule has 0 aliphatic heterocycles. The van der Waals surface area contributed by atoms with Crippen LogP contribution >= 0.6 is 27.3 Å². The van der Waals surface area contributed by atoms with Gasteiger partial charge in [-0.25, -0.2) is 0 Å². The summed E-state index contributed by atoms with van der Waals surface area (Å²) in [6.45, 7) is 1.94. The SMILES string of the molecule is CC(Nc1ccc([N+](=O)[O-])c(F)c1)c1sccc1Br. The van der Waals surface area contributed by atoms with Crippen LogP contribution in [0.25, 0.3) is 0 Å². The first-order valence-corrected chi connectivity index (χ1v) is 7.09. The monoisotopic (exact) mass is 344 g/mol. The summed E-state index contributed by atoms with van der Waals surface area (Å²) in [5, 5.41) is 15.6. The Bertz CT molecular complexity index is 618. The van der Waals surface area contributed by atoms with Crippen LogP contribution in [0.2, 0.25) is 0 Å². The second-order valence-electron chi connectivity index (χ2n) is 3.92. The van der Waals surface area contributed by atoms with E-state index in [4.69, 9.17) is 0 Å². The first kappa shape index (κ1) is 14.0. The average Bonchev–Trinajstić information content (AvgIpc) is 2.75. The topological polar surface area (TPSA) is 55.2 Å². The first-order chi connectivity index (χ1) is 8.99. The minimum atomic E-state index is -0.840. The molecule has 1 atom stereocenters. The molecule has 1 aromatic carbocycles. The van der Waals surface area contributed by atoms with Crippen LogP contribution in [0.3, 0.4) is 0 Å². The van der Waals surface area contributed by atoms with Gasteiger partial charge in [0.15, 0.2) is 0 Å². The van der Waals surface area contributed by atoms with Gasteiger partial charge in [0.25, 0.3) is 0 Å². The minimum Gasteiger partial charge on any atom is -0.378 e. The zero-order valence-corrected chi connectivity index (χ0v) is 12.3. The van der Waals surface area contributed by atoms with Gasteiger partial charge in [-0.15, -0.1) is 11.3 Å². The van der Waals surface area contributed by atoms with Crippen molar-refractivity contribution >= 4 is 38.6 Å². The molecule has 0 fully saturated rings. The third-order valence-electron chi connectivity index (χ3n) is 2.57. The van der Waals surface area contributed by atoms with Crippen LogP contribution in [0.5, 0.6) is 0 Å².